The number of amides is 2. The summed E-state index contributed by atoms with van der Waals surface area (Å²) in [7, 11) is 0. The Morgan fingerprint density at radius 3 is 2.73 bits per heavy atom. The Morgan fingerprint density at radius 1 is 1.23 bits per heavy atom. The van der Waals surface area contributed by atoms with E-state index < -0.39 is 0 Å². The van der Waals surface area contributed by atoms with E-state index in [1.54, 1.807) is 4.90 Å². The summed E-state index contributed by atoms with van der Waals surface area (Å²) in [6, 6.07) is 0.615. The summed E-state index contributed by atoms with van der Waals surface area (Å²) in [6.07, 6.45) is 6.97. The van der Waals surface area contributed by atoms with E-state index in [0.717, 1.165) is 50.9 Å². The average molecular weight is 361 g/mol. The van der Waals surface area contributed by atoms with Gasteiger partial charge in [-0.3, -0.25) is 9.59 Å². The van der Waals surface area contributed by atoms with Crippen LogP contribution in [-0.2, 0) is 16.2 Å². The maximum Gasteiger partial charge on any atom is 0.222 e. The predicted molar refractivity (Wildman–Crippen MR) is 93.2 cm³/mol. The molecule has 142 valence electrons. The fourth-order valence-corrected chi connectivity index (χ4v) is 4.04. The molecule has 2 aliphatic carbocycles. The first-order valence-electron chi connectivity index (χ1n) is 9.77. The molecule has 2 heterocycles. The number of rotatable bonds is 7. The lowest BCUT2D eigenvalue weighted by molar-refractivity contribution is -0.134. The fraction of sp³-hybridized carbons (Fsp3) is 0.778. The van der Waals surface area contributed by atoms with Crippen LogP contribution < -0.4 is 5.32 Å². The van der Waals surface area contributed by atoms with Crippen LogP contribution in [0.1, 0.15) is 75.0 Å². The van der Waals surface area contributed by atoms with E-state index in [-0.39, 0.29) is 24.5 Å². The molecule has 1 aliphatic heterocycles. The zero-order valence-corrected chi connectivity index (χ0v) is 15.1. The summed E-state index contributed by atoms with van der Waals surface area (Å²) < 4.78 is 2.10. The summed E-state index contributed by atoms with van der Waals surface area (Å²) >= 11 is 0. The number of nitrogens with one attached hydrogen (secondary N) is 1. The first kappa shape index (κ1) is 17.5. The zero-order chi connectivity index (χ0) is 18.1. The van der Waals surface area contributed by atoms with Gasteiger partial charge in [0, 0.05) is 43.9 Å². The minimum atomic E-state index is -0.0778. The molecule has 0 unspecified atom stereocenters. The number of aromatic nitrogens is 3. The summed E-state index contributed by atoms with van der Waals surface area (Å²) in [6.45, 7) is 1.23. The summed E-state index contributed by atoms with van der Waals surface area (Å²) in [5, 5.41) is 20.9. The zero-order valence-electron chi connectivity index (χ0n) is 15.1. The molecule has 3 fully saturated rings. The maximum atomic E-state index is 12.2. The molecular formula is C18H27N5O3. The molecule has 2 saturated carbocycles. The lowest BCUT2D eigenvalue weighted by Crippen LogP contribution is -2.45. The third-order valence-electron chi connectivity index (χ3n) is 5.74. The van der Waals surface area contributed by atoms with Crippen molar-refractivity contribution in [3.05, 3.63) is 11.6 Å². The van der Waals surface area contributed by atoms with Crippen molar-refractivity contribution in [2.24, 2.45) is 0 Å². The highest BCUT2D eigenvalue weighted by atomic mass is 16.3. The standard InChI is InChI=1S/C18H27N5O3/c24-11-15-20-21-18(23(15)14-4-5-14)12-9-13(10-12)19-16(25)6-8-22-7-2-1-3-17(22)26/h12-14,24H,1-11H2,(H,19,25). The van der Waals surface area contributed by atoms with Gasteiger partial charge in [-0.05, 0) is 38.5 Å². The van der Waals surface area contributed by atoms with Crippen molar-refractivity contribution in [1.82, 2.24) is 25.0 Å². The number of likely N-dealkylation sites (tertiary alicyclic amines) is 1. The van der Waals surface area contributed by atoms with Crippen LogP contribution in [0.15, 0.2) is 0 Å². The lowest BCUT2D eigenvalue weighted by atomic mass is 9.79. The Bertz CT molecular complexity index is 678. The van der Waals surface area contributed by atoms with Gasteiger partial charge < -0.3 is 19.9 Å². The van der Waals surface area contributed by atoms with Gasteiger partial charge in [0.2, 0.25) is 11.8 Å². The summed E-state index contributed by atoms with van der Waals surface area (Å²) in [5.74, 6) is 2.11. The smallest absolute Gasteiger partial charge is 0.222 e. The van der Waals surface area contributed by atoms with Crippen molar-refractivity contribution >= 4 is 11.8 Å². The number of aliphatic hydroxyl groups is 1. The van der Waals surface area contributed by atoms with Gasteiger partial charge in [-0.25, -0.2) is 0 Å². The van der Waals surface area contributed by atoms with Gasteiger partial charge in [0.15, 0.2) is 5.82 Å². The van der Waals surface area contributed by atoms with Crippen LogP contribution in [0.5, 0.6) is 0 Å². The number of hydrogen-bond acceptors (Lipinski definition) is 5. The van der Waals surface area contributed by atoms with Crippen molar-refractivity contribution in [2.45, 2.75) is 76.0 Å². The highest BCUT2D eigenvalue weighted by Crippen LogP contribution is 2.42. The van der Waals surface area contributed by atoms with Crippen LogP contribution in [0.2, 0.25) is 0 Å². The number of aliphatic hydroxyl groups excluding tert-OH is 1. The molecule has 26 heavy (non-hydrogen) atoms. The number of nitrogens with zero attached hydrogens (tertiary/aromatic N) is 4. The third kappa shape index (κ3) is 3.60. The van der Waals surface area contributed by atoms with E-state index in [4.69, 9.17) is 0 Å². The molecule has 8 nitrogen and oxygen atoms in total. The first-order valence-corrected chi connectivity index (χ1v) is 9.77. The minimum absolute atomic E-state index is 0.0199. The van der Waals surface area contributed by atoms with Gasteiger partial charge in [-0.2, -0.15) is 0 Å². The summed E-state index contributed by atoms with van der Waals surface area (Å²) in [5.41, 5.74) is 0. The highest BCUT2D eigenvalue weighted by molar-refractivity contribution is 5.79. The van der Waals surface area contributed by atoms with Crippen molar-refractivity contribution in [1.29, 1.82) is 0 Å². The van der Waals surface area contributed by atoms with Crippen LogP contribution in [0.4, 0.5) is 0 Å². The van der Waals surface area contributed by atoms with Crippen LogP contribution in [-0.4, -0.2) is 55.7 Å². The number of carbonyl (C=O) groups is 2. The molecule has 1 aromatic heterocycles. The van der Waals surface area contributed by atoms with E-state index in [1.165, 1.54) is 0 Å². The van der Waals surface area contributed by atoms with Crippen molar-refractivity contribution in [3.8, 4) is 0 Å². The van der Waals surface area contributed by atoms with Crippen molar-refractivity contribution in [2.75, 3.05) is 13.1 Å². The molecule has 0 bridgehead atoms. The Kier molecular flexibility index (Phi) is 4.93. The molecule has 3 aliphatic rings. The van der Waals surface area contributed by atoms with Gasteiger partial charge in [0.05, 0.1) is 0 Å². The van der Waals surface area contributed by atoms with Gasteiger partial charge in [0.25, 0.3) is 0 Å². The maximum absolute atomic E-state index is 12.2. The molecule has 8 heteroatoms. The van der Waals surface area contributed by atoms with Crippen LogP contribution in [0.3, 0.4) is 0 Å². The highest BCUT2D eigenvalue weighted by Gasteiger charge is 2.38. The van der Waals surface area contributed by atoms with Gasteiger partial charge in [-0.15, -0.1) is 10.2 Å². The second-order valence-electron chi connectivity index (χ2n) is 7.75. The van der Waals surface area contributed by atoms with Gasteiger partial charge >= 0.3 is 0 Å². The molecule has 0 radical (unpaired) electrons. The van der Waals surface area contributed by atoms with E-state index in [1.807, 2.05) is 0 Å². The molecule has 4 rings (SSSR count). The summed E-state index contributed by atoms with van der Waals surface area (Å²) in [4.78, 5) is 25.7. The molecule has 2 amide bonds. The van der Waals surface area contributed by atoms with Crippen molar-refractivity contribution in [3.63, 3.8) is 0 Å². The topological polar surface area (TPSA) is 100 Å². The van der Waals surface area contributed by atoms with E-state index >= 15 is 0 Å². The Hall–Kier alpha value is -1.96. The van der Waals surface area contributed by atoms with E-state index in [0.29, 0.717) is 37.2 Å². The Morgan fingerprint density at radius 2 is 2.04 bits per heavy atom. The molecule has 0 spiro atoms. The van der Waals surface area contributed by atoms with Gasteiger partial charge in [-0.1, -0.05) is 0 Å². The molecule has 1 aromatic rings. The number of carbonyl (C=O) groups excluding carboxylic acids is 2. The second kappa shape index (κ2) is 7.34. The third-order valence-corrected chi connectivity index (χ3v) is 5.74. The van der Waals surface area contributed by atoms with E-state index in [9.17, 15) is 14.7 Å². The van der Waals surface area contributed by atoms with Crippen LogP contribution in [0, 0.1) is 0 Å². The lowest BCUT2D eigenvalue weighted by Gasteiger charge is -2.35. The Balaban J connectivity index is 1.23. The molecule has 0 atom stereocenters. The van der Waals surface area contributed by atoms with Gasteiger partial charge in [0.1, 0.15) is 12.4 Å². The monoisotopic (exact) mass is 361 g/mol. The molecule has 1 saturated heterocycles. The normalized spacial score (nSPS) is 25.9. The second-order valence-corrected chi connectivity index (χ2v) is 7.75. The molecule has 0 aromatic carbocycles. The van der Waals surface area contributed by atoms with Crippen LogP contribution in [0.25, 0.3) is 0 Å². The SMILES string of the molecule is O=C(CCN1CCCCC1=O)NC1CC(c2nnc(CO)n2C2CC2)C1. The largest absolute Gasteiger partial charge is 0.388 e. The first-order chi connectivity index (χ1) is 12.7. The van der Waals surface area contributed by atoms with Crippen LogP contribution >= 0.6 is 0 Å². The minimum Gasteiger partial charge on any atom is -0.388 e. The van der Waals surface area contributed by atoms with E-state index in [2.05, 4.69) is 20.1 Å². The number of piperidine rings is 1. The van der Waals surface area contributed by atoms with Crippen molar-refractivity contribution < 1.29 is 14.7 Å². The molecular weight excluding hydrogens is 334 g/mol. The number of hydrogen-bond donors (Lipinski definition) is 2. The predicted octanol–water partition coefficient (Wildman–Crippen LogP) is 0.870. The molecule has 2 N–H and O–H groups in total. The average Bonchev–Trinajstić information content (AvgIpc) is 3.36. The fourth-order valence-electron chi connectivity index (χ4n) is 4.04. The quantitative estimate of drug-likeness (QED) is 0.751. The Labute approximate surface area is 153 Å².